The van der Waals surface area contributed by atoms with Crippen LogP contribution < -0.4 is 20.1 Å². The van der Waals surface area contributed by atoms with Gasteiger partial charge in [-0.15, -0.1) is 13.2 Å². The zero-order chi connectivity index (χ0) is 16.9. The minimum atomic E-state index is -4.78. The van der Waals surface area contributed by atoms with Gasteiger partial charge in [0.25, 0.3) is 0 Å². The Morgan fingerprint density at radius 1 is 1.04 bits per heavy atom. The Morgan fingerprint density at radius 3 is 2.48 bits per heavy atom. The predicted molar refractivity (Wildman–Crippen MR) is 86.0 cm³/mol. The normalized spacial score (nSPS) is 10.8. The van der Waals surface area contributed by atoms with E-state index < -0.39 is 6.36 Å². The molecule has 23 heavy (non-hydrogen) atoms. The number of nitrogens with one attached hydrogen (secondary N) is 2. The third-order valence-electron chi connectivity index (χ3n) is 2.69. The molecular formula is C15H13F3N2O2S. The fourth-order valence-electron chi connectivity index (χ4n) is 1.77. The van der Waals surface area contributed by atoms with E-state index in [0.29, 0.717) is 11.4 Å². The third kappa shape index (κ3) is 5.33. The van der Waals surface area contributed by atoms with E-state index >= 15 is 0 Å². The molecule has 122 valence electrons. The van der Waals surface area contributed by atoms with Gasteiger partial charge in [-0.1, -0.05) is 18.2 Å². The summed E-state index contributed by atoms with van der Waals surface area (Å²) >= 11 is 5.10. The molecule has 0 unspecified atom stereocenters. The zero-order valence-corrected chi connectivity index (χ0v) is 12.8. The summed E-state index contributed by atoms with van der Waals surface area (Å²) in [5, 5.41) is 5.65. The molecule has 0 spiro atoms. The number of benzene rings is 2. The Labute approximate surface area is 136 Å². The van der Waals surface area contributed by atoms with Crippen LogP contribution in [0.2, 0.25) is 0 Å². The molecule has 0 aromatic heterocycles. The van der Waals surface area contributed by atoms with Crippen LogP contribution in [0.5, 0.6) is 11.5 Å². The van der Waals surface area contributed by atoms with E-state index in [2.05, 4.69) is 15.4 Å². The largest absolute Gasteiger partial charge is 0.573 e. The topological polar surface area (TPSA) is 42.5 Å². The van der Waals surface area contributed by atoms with Crippen LogP contribution in [0.4, 0.5) is 24.5 Å². The van der Waals surface area contributed by atoms with Crippen LogP contribution in [0.25, 0.3) is 0 Å². The lowest BCUT2D eigenvalue weighted by atomic mass is 10.3. The summed E-state index contributed by atoms with van der Waals surface area (Å²) < 4.78 is 46.2. The van der Waals surface area contributed by atoms with Crippen LogP contribution in [-0.4, -0.2) is 18.6 Å². The maximum absolute atomic E-state index is 12.4. The van der Waals surface area contributed by atoms with Crippen molar-refractivity contribution in [2.75, 3.05) is 17.7 Å². The van der Waals surface area contributed by atoms with Crippen molar-refractivity contribution in [3.8, 4) is 11.5 Å². The van der Waals surface area contributed by atoms with Crippen LogP contribution in [0, 0.1) is 0 Å². The van der Waals surface area contributed by atoms with Gasteiger partial charge in [0.1, 0.15) is 5.75 Å². The van der Waals surface area contributed by atoms with Crippen molar-refractivity contribution in [1.29, 1.82) is 0 Å². The molecular weight excluding hydrogens is 329 g/mol. The van der Waals surface area contributed by atoms with Gasteiger partial charge in [-0.25, -0.2) is 0 Å². The number of halogens is 3. The maximum atomic E-state index is 12.4. The van der Waals surface area contributed by atoms with Gasteiger partial charge in [0.15, 0.2) is 10.9 Å². The van der Waals surface area contributed by atoms with Crippen molar-refractivity contribution >= 4 is 28.7 Å². The van der Waals surface area contributed by atoms with E-state index in [9.17, 15) is 13.2 Å². The molecule has 2 aromatic rings. The van der Waals surface area contributed by atoms with E-state index in [4.69, 9.17) is 17.0 Å². The highest BCUT2D eigenvalue weighted by Gasteiger charge is 2.32. The van der Waals surface area contributed by atoms with Gasteiger partial charge in [0.05, 0.1) is 12.8 Å². The smallest absolute Gasteiger partial charge is 0.497 e. The molecule has 0 fully saturated rings. The quantitative estimate of drug-likeness (QED) is 0.806. The first-order valence-electron chi connectivity index (χ1n) is 6.44. The van der Waals surface area contributed by atoms with Crippen LogP contribution >= 0.6 is 12.2 Å². The van der Waals surface area contributed by atoms with E-state index in [0.717, 1.165) is 0 Å². The molecule has 0 amide bonds. The van der Waals surface area contributed by atoms with E-state index in [1.807, 2.05) is 0 Å². The highest BCUT2D eigenvalue weighted by molar-refractivity contribution is 7.80. The zero-order valence-electron chi connectivity index (χ0n) is 12.0. The second-order valence-corrected chi connectivity index (χ2v) is 4.76. The summed E-state index contributed by atoms with van der Waals surface area (Å²) in [5.41, 5.74) is 0.737. The van der Waals surface area contributed by atoms with Crippen molar-refractivity contribution < 1.29 is 22.6 Å². The van der Waals surface area contributed by atoms with Gasteiger partial charge in [-0.2, -0.15) is 0 Å². The lowest BCUT2D eigenvalue weighted by Gasteiger charge is -2.16. The van der Waals surface area contributed by atoms with Crippen molar-refractivity contribution in [2.45, 2.75) is 6.36 Å². The Kier molecular flexibility index (Phi) is 5.28. The number of alkyl halides is 3. The summed E-state index contributed by atoms with van der Waals surface area (Å²) in [4.78, 5) is 0. The van der Waals surface area contributed by atoms with Gasteiger partial charge in [-0.3, -0.25) is 0 Å². The number of ether oxygens (including phenoxy) is 2. The van der Waals surface area contributed by atoms with Crippen molar-refractivity contribution in [3.05, 3.63) is 48.5 Å². The minimum Gasteiger partial charge on any atom is -0.497 e. The monoisotopic (exact) mass is 342 g/mol. The fourth-order valence-corrected chi connectivity index (χ4v) is 2.00. The standard InChI is InChI=1S/C15H13F3N2O2S/c1-21-11-6-4-5-10(9-11)19-14(23)20-12-7-2-3-8-13(12)22-15(16,17)18/h2-9H,1H3,(H2,19,20,23). The molecule has 0 radical (unpaired) electrons. The van der Waals surface area contributed by atoms with Crippen molar-refractivity contribution in [1.82, 2.24) is 0 Å². The molecule has 0 atom stereocenters. The average molecular weight is 342 g/mol. The highest BCUT2D eigenvalue weighted by atomic mass is 32.1. The molecule has 0 aliphatic carbocycles. The molecule has 0 heterocycles. The first kappa shape index (κ1) is 16.9. The molecule has 0 saturated carbocycles. The van der Waals surface area contributed by atoms with Gasteiger partial charge in [0.2, 0.25) is 0 Å². The lowest BCUT2D eigenvalue weighted by Crippen LogP contribution is -2.22. The fraction of sp³-hybridized carbons (Fsp3) is 0.133. The predicted octanol–water partition coefficient (Wildman–Crippen LogP) is 4.40. The minimum absolute atomic E-state index is 0.102. The molecule has 0 saturated heterocycles. The summed E-state index contributed by atoms with van der Waals surface area (Å²) in [6.45, 7) is 0. The number of hydrogen-bond acceptors (Lipinski definition) is 3. The number of thiocarbonyl (C=S) groups is 1. The third-order valence-corrected chi connectivity index (χ3v) is 2.89. The Bertz CT molecular complexity index is 692. The van der Waals surface area contributed by atoms with E-state index in [1.54, 1.807) is 30.3 Å². The molecule has 8 heteroatoms. The average Bonchev–Trinajstić information content (AvgIpc) is 2.48. The molecule has 0 aliphatic rings. The number of para-hydroxylation sites is 2. The Morgan fingerprint density at radius 2 is 1.78 bits per heavy atom. The first-order chi connectivity index (χ1) is 10.9. The van der Waals surface area contributed by atoms with Crippen LogP contribution in [-0.2, 0) is 0 Å². The number of methoxy groups -OCH3 is 1. The Hall–Kier alpha value is -2.48. The van der Waals surface area contributed by atoms with Crippen LogP contribution in [0.1, 0.15) is 0 Å². The summed E-state index contributed by atoms with van der Waals surface area (Å²) in [6.07, 6.45) is -4.78. The highest BCUT2D eigenvalue weighted by Crippen LogP contribution is 2.30. The van der Waals surface area contributed by atoms with E-state index in [-0.39, 0.29) is 16.5 Å². The molecule has 4 nitrogen and oxygen atoms in total. The first-order valence-corrected chi connectivity index (χ1v) is 6.85. The SMILES string of the molecule is COc1cccc(NC(=S)Nc2ccccc2OC(F)(F)F)c1. The maximum Gasteiger partial charge on any atom is 0.573 e. The van der Waals surface area contributed by atoms with Gasteiger partial charge < -0.3 is 20.1 Å². The van der Waals surface area contributed by atoms with Gasteiger partial charge >= 0.3 is 6.36 Å². The van der Waals surface area contributed by atoms with Crippen LogP contribution in [0.3, 0.4) is 0 Å². The molecule has 0 aliphatic heterocycles. The summed E-state index contributed by atoms with van der Waals surface area (Å²) in [6, 6.07) is 12.6. The molecule has 2 N–H and O–H groups in total. The summed E-state index contributed by atoms with van der Waals surface area (Å²) in [5.74, 6) is 0.258. The molecule has 0 bridgehead atoms. The number of hydrogen-bond donors (Lipinski definition) is 2. The Balaban J connectivity index is 2.08. The van der Waals surface area contributed by atoms with Gasteiger partial charge in [-0.05, 0) is 36.5 Å². The van der Waals surface area contributed by atoms with Gasteiger partial charge in [0, 0.05) is 11.8 Å². The van der Waals surface area contributed by atoms with E-state index in [1.165, 1.54) is 25.3 Å². The lowest BCUT2D eigenvalue weighted by molar-refractivity contribution is -0.274. The number of rotatable bonds is 4. The second-order valence-electron chi connectivity index (χ2n) is 4.36. The summed E-state index contributed by atoms with van der Waals surface area (Å²) in [7, 11) is 1.53. The van der Waals surface area contributed by atoms with Crippen molar-refractivity contribution in [3.63, 3.8) is 0 Å². The van der Waals surface area contributed by atoms with Crippen molar-refractivity contribution in [2.24, 2.45) is 0 Å². The molecule has 2 aromatic carbocycles. The number of anilines is 2. The van der Waals surface area contributed by atoms with Crippen LogP contribution in [0.15, 0.2) is 48.5 Å². The second kappa shape index (κ2) is 7.19. The molecule has 2 rings (SSSR count).